The van der Waals surface area contributed by atoms with Gasteiger partial charge in [-0.25, -0.2) is 0 Å². The van der Waals surface area contributed by atoms with Crippen molar-refractivity contribution in [3.05, 3.63) is 30.0 Å². The maximum atomic E-state index is 4.02. The fraction of sp³-hybridized carbons (Fsp3) is 0.364. The molecular weight excluding hydrogens is 174 g/mol. The Kier molecular flexibility index (Phi) is 1.77. The van der Waals surface area contributed by atoms with Gasteiger partial charge in [0.2, 0.25) is 0 Å². The lowest BCUT2D eigenvalue weighted by molar-refractivity contribution is 0.648. The van der Waals surface area contributed by atoms with Gasteiger partial charge in [-0.15, -0.1) is 0 Å². The van der Waals surface area contributed by atoms with Crippen molar-refractivity contribution in [1.82, 2.24) is 15.5 Å². The van der Waals surface area contributed by atoms with Crippen LogP contribution in [0.5, 0.6) is 0 Å². The zero-order chi connectivity index (χ0) is 9.38. The van der Waals surface area contributed by atoms with E-state index in [1.165, 1.54) is 23.8 Å². The summed E-state index contributed by atoms with van der Waals surface area (Å²) in [4.78, 5) is 0. The molecule has 14 heavy (non-hydrogen) atoms. The Hall–Kier alpha value is -1.35. The van der Waals surface area contributed by atoms with Crippen molar-refractivity contribution >= 4 is 10.9 Å². The van der Waals surface area contributed by atoms with E-state index in [1.54, 1.807) is 0 Å². The minimum atomic E-state index is 0.550. The Morgan fingerprint density at radius 1 is 1.36 bits per heavy atom. The van der Waals surface area contributed by atoms with Crippen molar-refractivity contribution in [2.24, 2.45) is 0 Å². The summed E-state index contributed by atoms with van der Waals surface area (Å²) in [6.07, 6.45) is 4.42. The van der Waals surface area contributed by atoms with Gasteiger partial charge in [-0.05, 0) is 37.1 Å². The Balaban J connectivity index is 2.04. The SMILES string of the molecule is c1cc2[nH]ncc2cc1C1CCCN1. The minimum Gasteiger partial charge on any atom is -0.310 e. The highest BCUT2D eigenvalue weighted by atomic mass is 15.1. The maximum Gasteiger partial charge on any atom is 0.0650 e. The van der Waals surface area contributed by atoms with Crippen LogP contribution in [0.1, 0.15) is 24.4 Å². The van der Waals surface area contributed by atoms with E-state index < -0.39 is 0 Å². The predicted molar refractivity (Wildman–Crippen MR) is 56.1 cm³/mol. The third kappa shape index (κ3) is 1.21. The summed E-state index contributed by atoms with van der Waals surface area (Å²) in [5.74, 6) is 0. The summed E-state index contributed by atoms with van der Waals surface area (Å²) < 4.78 is 0. The van der Waals surface area contributed by atoms with Crippen LogP contribution in [0.15, 0.2) is 24.4 Å². The number of hydrogen-bond donors (Lipinski definition) is 2. The third-order valence-corrected chi connectivity index (χ3v) is 2.93. The van der Waals surface area contributed by atoms with Crippen molar-refractivity contribution in [2.75, 3.05) is 6.54 Å². The zero-order valence-electron chi connectivity index (χ0n) is 7.96. The molecule has 1 fully saturated rings. The summed E-state index contributed by atoms with van der Waals surface area (Å²) in [5, 5.41) is 11.7. The lowest BCUT2D eigenvalue weighted by Gasteiger charge is -2.09. The van der Waals surface area contributed by atoms with Crippen LogP contribution in [0.25, 0.3) is 10.9 Å². The highest BCUT2D eigenvalue weighted by Crippen LogP contribution is 2.25. The van der Waals surface area contributed by atoms with Crippen molar-refractivity contribution < 1.29 is 0 Å². The lowest BCUT2D eigenvalue weighted by Crippen LogP contribution is -2.12. The van der Waals surface area contributed by atoms with Crippen molar-refractivity contribution in [3.63, 3.8) is 0 Å². The van der Waals surface area contributed by atoms with Gasteiger partial charge in [0, 0.05) is 11.4 Å². The van der Waals surface area contributed by atoms with Gasteiger partial charge in [-0.2, -0.15) is 5.10 Å². The van der Waals surface area contributed by atoms with Crippen LogP contribution in [0.2, 0.25) is 0 Å². The lowest BCUT2D eigenvalue weighted by atomic mass is 10.0. The molecule has 1 aromatic carbocycles. The Morgan fingerprint density at radius 3 is 3.21 bits per heavy atom. The molecule has 0 bridgehead atoms. The molecule has 72 valence electrons. The first-order chi connectivity index (χ1) is 6.93. The number of fused-ring (bicyclic) bond motifs is 1. The van der Waals surface area contributed by atoms with Gasteiger partial charge in [-0.3, -0.25) is 5.10 Å². The Labute approximate surface area is 82.5 Å². The molecule has 3 nitrogen and oxygen atoms in total. The van der Waals surface area contributed by atoms with Gasteiger partial charge in [0.25, 0.3) is 0 Å². The number of hydrogen-bond acceptors (Lipinski definition) is 2. The summed E-state index contributed by atoms with van der Waals surface area (Å²) in [6.45, 7) is 1.15. The van der Waals surface area contributed by atoms with Crippen LogP contribution >= 0.6 is 0 Å². The molecule has 2 N–H and O–H groups in total. The van der Waals surface area contributed by atoms with Crippen molar-refractivity contribution in [2.45, 2.75) is 18.9 Å². The molecule has 2 aromatic rings. The van der Waals surface area contributed by atoms with Crippen LogP contribution in [-0.2, 0) is 0 Å². The summed E-state index contributed by atoms with van der Waals surface area (Å²) in [5.41, 5.74) is 2.50. The van der Waals surface area contributed by atoms with Crippen molar-refractivity contribution in [1.29, 1.82) is 0 Å². The van der Waals surface area contributed by atoms with Crippen LogP contribution in [-0.4, -0.2) is 16.7 Å². The van der Waals surface area contributed by atoms with Gasteiger partial charge >= 0.3 is 0 Å². The van der Waals surface area contributed by atoms with Crippen LogP contribution in [0.3, 0.4) is 0 Å². The molecule has 1 unspecified atom stereocenters. The molecule has 0 saturated carbocycles. The van der Waals surface area contributed by atoms with Crippen LogP contribution < -0.4 is 5.32 Å². The fourth-order valence-corrected chi connectivity index (χ4v) is 2.15. The van der Waals surface area contributed by atoms with E-state index >= 15 is 0 Å². The van der Waals surface area contributed by atoms with E-state index in [9.17, 15) is 0 Å². The highest BCUT2D eigenvalue weighted by molar-refractivity contribution is 5.78. The molecule has 2 heterocycles. The number of H-pyrrole nitrogens is 1. The second-order valence-electron chi connectivity index (χ2n) is 3.87. The molecule has 0 aliphatic carbocycles. The van der Waals surface area contributed by atoms with E-state index in [-0.39, 0.29) is 0 Å². The maximum absolute atomic E-state index is 4.02. The van der Waals surface area contributed by atoms with Gasteiger partial charge in [0.05, 0.1) is 11.7 Å². The number of rotatable bonds is 1. The summed E-state index contributed by atoms with van der Waals surface area (Å²) in [7, 11) is 0. The second kappa shape index (κ2) is 3.10. The number of benzene rings is 1. The largest absolute Gasteiger partial charge is 0.310 e. The van der Waals surface area contributed by atoms with Crippen LogP contribution in [0.4, 0.5) is 0 Å². The summed E-state index contributed by atoms with van der Waals surface area (Å²) in [6, 6.07) is 7.07. The molecule has 1 atom stereocenters. The van der Waals surface area contributed by atoms with Crippen LogP contribution in [0, 0.1) is 0 Å². The van der Waals surface area contributed by atoms with Gasteiger partial charge in [0.1, 0.15) is 0 Å². The number of aromatic nitrogens is 2. The molecular formula is C11H13N3. The topological polar surface area (TPSA) is 40.7 Å². The number of aromatic amines is 1. The average Bonchev–Trinajstić information content (AvgIpc) is 2.88. The van der Waals surface area contributed by atoms with E-state index in [1.807, 2.05) is 6.20 Å². The normalized spacial score (nSPS) is 21.9. The first-order valence-corrected chi connectivity index (χ1v) is 5.10. The molecule has 0 radical (unpaired) electrons. The van der Waals surface area contributed by atoms with E-state index in [2.05, 4.69) is 33.7 Å². The number of nitrogens with one attached hydrogen (secondary N) is 2. The van der Waals surface area contributed by atoms with E-state index in [4.69, 9.17) is 0 Å². The standard InChI is InChI=1S/C11H13N3/c1-2-10(12-5-1)8-3-4-11-9(6-8)7-13-14-11/h3-4,6-7,10,12H,1-2,5H2,(H,13,14). The van der Waals surface area contributed by atoms with Crippen molar-refractivity contribution in [3.8, 4) is 0 Å². The molecule has 0 amide bonds. The molecule has 1 aromatic heterocycles. The second-order valence-corrected chi connectivity index (χ2v) is 3.87. The minimum absolute atomic E-state index is 0.550. The van der Waals surface area contributed by atoms with Gasteiger partial charge in [0.15, 0.2) is 0 Å². The Bertz CT molecular complexity index is 440. The summed E-state index contributed by atoms with van der Waals surface area (Å²) >= 11 is 0. The zero-order valence-corrected chi connectivity index (χ0v) is 7.96. The molecule has 1 saturated heterocycles. The molecule has 1 aliphatic heterocycles. The van der Waals surface area contributed by atoms with Gasteiger partial charge in [-0.1, -0.05) is 6.07 Å². The third-order valence-electron chi connectivity index (χ3n) is 2.93. The first-order valence-electron chi connectivity index (χ1n) is 5.10. The first kappa shape index (κ1) is 8.00. The quantitative estimate of drug-likeness (QED) is 0.716. The molecule has 3 rings (SSSR count). The predicted octanol–water partition coefficient (Wildman–Crippen LogP) is 1.99. The highest BCUT2D eigenvalue weighted by Gasteiger charge is 2.16. The molecule has 3 heteroatoms. The van der Waals surface area contributed by atoms with Gasteiger partial charge < -0.3 is 5.32 Å². The van der Waals surface area contributed by atoms with E-state index in [0.717, 1.165) is 12.1 Å². The fourth-order valence-electron chi connectivity index (χ4n) is 2.15. The van der Waals surface area contributed by atoms with E-state index in [0.29, 0.717) is 6.04 Å². The monoisotopic (exact) mass is 187 g/mol. The smallest absolute Gasteiger partial charge is 0.0650 e. The number of nitrogens with zero attached hydrogens (tertiary/aromatic N) is 1. The molecule has 0 spiro atoms. The average molecular weight is 187 g/mol. The molecule has 1 aliphatic rings. The Morgan fingerprint density at radius 2 is 2.36 bits per heavy atom.